The molecule has 2 aromatic rings. The van der Waals surface area contributed by atoms with Crippen molar-refractivity contribution in [3.63, 3.8) is 0 Å². The molecule has 1 aromatic heterocycles. The maximum atomic E-state index is 10.8. The normalized spacial score (nSPS) is 11.9. The SMILES string of the molecule is CC(C)c1ccccc1OCCC(C#N)c1ccc(C(=O)O)o1. The lowest BCUT2D eigenvalue weighted by molar-refractivity contribution is 0.0660. The number of para-hydroxylation sites is 1. The Morgan fingerprint density at radius 1 is 1.30 bits per heavy atom. The van der Waals surface area contributed by atoms with Crippen molar-refractivity contribution in [1.29, 1.82) is 5.26 Å². The number of aromatic carboxylic acids is 1. The summed E-state index contributed by atoms with van der Waals surface area (Å²) in [6, 6.07) is 12.8. The molecule has 23 heavy (non-hydrogen) atoms. The molecule has 5 nitrogen and oxygen atoms in total. The van der Waals surface area contributed by atoms with Gasteiger partial charge in [-0.05, 0) is 29.7 Å². The van der Waals surface area contributed by atoms with E-state index in [-0.39, 0.29) is 5.76 Å². The molecule has 2 rings (SSSR count). The average molecular weight is 313 g/mol. The van der Waals surface area contributed by atoms with Crippen LogP contribution in [0, 0.1) is 11.3 Å². The smallest absolute Gasteiger partial charge is 0.371 e. The Hall–Kier alpha value is -2.74. The van der Waals surface area contributed by atoms with Gasteiger partial charge in [0.25, 0.3) is 0 Å². The van der Waals surface area contributed by atoms with Crippen LogP contribution < -0.4 is 4.74 Å². The first kappa shape index (κ1) is 16.6. The van der Waals surface area contributed by atoms with Crippen molar-refractivity contribution < 1.29 is 19.1 Å². The van der Waals surface area contributed by atoms with Crippen molar-refractivity contribution in [3.8, 4) is 11.8 Å². The third-order valence-corrected chi connectivity index (χ3v) is 3.54. The largest absolute Gasteiger partial charge is 0.493 e. The van der Waals surface area contributed by atoms with E-state index in [1.54, 1.807) is 0 Å². The minimum atomic E-state index is -1.14. The molecular weight excluding hydrogens is 294 g/mol. The number of benzene rings is 1. The number of rotatable bonds is 7. The van der Waals surface area contributed by atoms with Gasteiger partial charge in [-0.3, -0.25) is 0 Å². The van der Waals surface area contributed by atoms with Crippen LogP contribution >= 0.6 is 0 Å². The van der Waals surface area contributed by atoms with Gasteiger partial charge < -0.3 is 14.3 Å². The Balaban J connectivity index is 1.99. The number of nitriles is 1. The van der Waals surface area contributed by atoms with E-state index >= 15 is 0 Å². The second-order valence-electron chi connectivity index (χ2n) is 5.52. The molecule has 1 aromatic carbocycles. The number of carboxylic acids is 1. The molecular formula is C18H19NO4. The molecule has 1 heterocycles. The van der Waals surface area contributed by atoms with E-state index in [1.165, 1.54) is 12.1 Å². The summed E-state index contributed by atoms with van der Waals surface area (Å²) in [6.45, 7) is 4.54. The van der Waals surface area contributed by atoms with Crippen LogP contribution in [0.3, 0.4) is 0 Å². The average Bonchev–Trinajstić information content (AvgIpc) is 3.02. The number of carboxylic acid groups (broad SMARTS) is 1. The quantitative estimate of drug-likeness (QED) is 0.829. The van der Waals surface area contributed by atoms with Gasteiger partial charge >= 0.3 is 5.97 Å². The van der Waals surface area contributed by atoms with Crippen LogP contribution in [0.25, 0.3) is 0 Å². The number of nitrogens with zero attached hydrogens (tertiary/aromatic N) is 1. The van der Waals surface area contributed by atoms with E-state index in [0.717, 1.165) is 11.3 Å². The molecule has 0 aliphatic rings. The number of furan rings is 1. The van der Waals surface area contributed by atoms with Crippen LogP contribution in [-0.2, 0) is 0 Å². The lowest BCUT2D eigenvalue weighted by Gasteiger charge is -2.14. The summed E-state index contributed by atoms with van der Waals surface area (Å²) >= 11 is 0. The standard InChI is InChI=1S/C18H19NO4/c1-12(2)14-5-3-4-6-16(14)22-10-9-13(11-19)15-7-8-17(23-15)18(20)21/h3-8,12-13H,9-10H2,1-2H3,(H,20,21). The summed E-state index contributed by atoms with van der Waals surface area (Å²) in [6.07, 6.45) is 0.426. The minimum Gasteiger partial charge on any atom is -0.493 e. The molecule has 0 saturated carbocycles. The maximum absolute atomic E-state index is 10.8. The topological polar surface area (TPSA) is 83.5 Å². The van der Waals surface area contributed by atoms with Crippen molar-refractivity contribution in [3.05, 3.63) is 53.5 Å². The van der Waals surface area contributed by atoms with Crippen molar-refractivity contribution in [2.75, 3.05) is 6.61 Å². The summed E-state index contributed by atoms with van der Waals surface area (Å²) in [5, 5.41) is 18.1. The van der Waals surface area contributed by atoms with Crippen LogP contribution in [0.4, 0.5) is 0 Å². The zero-order chi connectivity index (χ0) is 16.8. The lowest BCUT2D eigenvalue weighted by Crippen LogP contribution is -2.06. The predicted molar refractivity (Wildman–Crippen MR) is 84.7 cm³/mol. The lowest BCUT2D eigenvalue weighted by atomic mass is 10.0. The Kier molecular flexibility index (Phi) is 5.42. The molecule has 0 spiro atoms. The number of carbonyl (C=O) groups is 1. The first-order chi connectivity index (χ1) is 11.0. The number of hydrogen-bond donors (Lipinski definition) is 1. The van der Waals surface area contributed by atoms with Gasteiger partial charge in [0.1, 0.15) is 17.4 Å². The van der Waals surface area contributed by atoms with Gasteiger partial charge in [0, 0.05) is 6.42 Å². The first-order valence-electron chi connectivity index (χ1n) is 7.47. The van der Waals surface area contributed by atoms with E-state index in [2.05, 4.69) is 19.9 Å². The van der Waals surface area contributed by atoms with E-state index in [9.17, 15) is 10.1 Å². The third-order valence-electron chi connectivity index (χ3n) is 3.54. The molecule has 0 aliphatic carbocycles. The zero-order valence-electron chi connectivity index (χ0n) is 13.2. The van der Waals surface area contributed by atoms with Crippen LogP contribution in [0.1, 0.15) is 54.0 Å². The zero-order valence-corrected chi connectivity index (χ0v) is 13.2. The van der Waals surface area contributed by atoms with Gasteiger partial charge in [-0.1, -0.05) is 32.0 Å². The van der Waals surface area contributed by atoms with Crippen LogP contribution in [0.5, 0.6) is 5.75 Å². The van der Waals surface area contributed by atoms with E-state index in [4.69, 9.17) is 14.3 Å². The molecule has 120 valence electrons. The molecule has 0 bridgehead atoms. The molecule has 1 N–H and O–H groups in total. The molecule has 0 radical (unpaired) electrons. The Bertz CT molecular complexity index is 712. The fraction of sp³-hybridized carbons (Fsp3) is 0.333. The molecule has 0 amide bonds. The summed E-state index contributed by atoms with van der Waals surface area (Å²) in [5.41, 5.74) is 1.12. The molecule has 0 fully saturated rings. The van der Waals surface area contributed by atoms with Crippen molar-refractivity contribution in [1.82, 2.24) is 0 Å². The maximum Gasteiger partial charge on any atom is 0.371 e. The van der Waals surface area contributed by atoms with Gasteiger partial charge in [0.2, 0.25) is 5.76 Å². The Morgan fingerprint density at radius 2 is 2.04 bits per heavy atom. The highest BCUT2D eigenvalue weighted by Crippen LogP contribution is 2.27. The summed E-state index contributed by atoms with van der Waals surface area (Å²) in [7, 11) is 0. The number of ether oxygens (including phenoxy) is 1. The van der Waals surface area contributed by atoms with E-state index in [1.807, 2.05) is 24.3 Å². The summed E-state index contributed by atoms with van der Waals surface area (Å²) in [5.74, 6) is -0.327. The number of hydrogen-bond acceptors (Lipinski definition) is 4. The highest BCUT2D eigenvalue weighted by atomic mass is 16.5. The van der Waals surface area contributed by atoms with Gasteiger partial charge in [-0.2, -0.15) is 5.26 Å². The summed E-state index contributed by atoms with van der Waals surface area (Å²) in [4.78, 5) is 10.8. The van der Waals surface area contributed by atoms with Crippen molar-refractivity contribution >= 4 is 5.97 Å². The summed E-state index contributed by atoms with van der Waals surface area (Å²) < 4.78 is 11.0. The molecule has 1 unspecified atom stereocenters. The monoisotopic (exact) mass is 313 g/mol. The molecule has 1 atom stereocenters. The van der Waals surface area contributed by atoms with Crippen LogP contribution in [-0.4, -0.2) is 17.7 Å². The van der Waals surface area contributed by atoms with Gasteiger partial charge in [0.05, 0.1) is 12.7 Å². The second-order valence-corrected chi connectivity index (χ2v) is 5.52. The fourth-order valence-electron chi connectivity index (χ4n) is 2.30. The van der Waals surface area contributed by atoms with Gasteiger partial charge in [-0.25, -0.2) is 4.79 Å². The molecule has 0 saturated heterocycles. The van der Waals surface area contributed by atoms with Crippen LogP contribution in [0.15, 0.2) is 40.8 Å². The van der Waals surface area contributed by atoms with E-state index < -0.39 is 11.9 Å². The molecule has 0 aliphatic heterocycles. The minimum absolute atomic E-state index is 0.161. The first-order valence-corrected chi connectivity index (χ1v) is 7.47. The second kappa shape index (κ2) is 7.50. The Morgan fingerprint density at radius 3 is 2.65 bits per heavy atom. The van der Waals surface area contributed by atoms with Crippen LogP contribution in [0.2, 0.25) is 0 Å². The molecule has 5 heteroatoms. The van der Waals surface area contributed by atoms with Gasteiger partial charge in [-0.15, -0.1) is 0 Å². The fourth-order valence-corrected chi connectivity index (χ4v) is 2.30. The van der Waals surface area contributed by atoms with Gasteiger partial charge in [0.15, 0.2) is 0 Å². The Labute approximate surface area is 135 Å². The highest BCUT2D eigenvalue weighted by molar-refractivity contribution is 5.84. The van der Waals surface area contributed by atoms with E-state index in [0.29, 0.717) is 24.7 Å². The van der Waals surface area contributed by atoms with Crippen molar-refractivity contribution in [2.24, 2.45) is 0 Å². The predicted octanol–water partition coefficient (Wildman–Crippen LogP) is 4.18. The highest BCUT2D eigenvalue weighted by Gasteiger charge is 2.18. The van der Waals surface area contributed by atoms with Crippen molar-refractivity contribution in [2.45, 2.75) is 32.1 Å². The third kappa shape index (κ3) is 4.13.